The van der Waals surface area contributed by atoms with Crippen LogP contribution in [0.5, 0.6) is 0 Å². The Hall–Kier alpha value is -3.64. The Labute approximate surface area is 177 Å². The number of hydrogen-bond donors (Lipinski definition) is 0. The highest BCUT2D eigenvalue weighted by Crippen LogP contribution is 2.26. The van der Waals surface area contributed by atoms with Crippen LogP contribution in [0.1, 0.15) is 11.1 Å². The van der Waals surface area contributed by atoms with E-state index >= 15 is 0 Å². The van der Waals surface area contributed by atoms with E-state index in [-0.39, 0.29) is 0 Å². The zero-order chi connectivity index (χ0) is 20.8. The minimum Gasteiger partial charge on any atom is -0.0905 e. The molecular weight excluding hydrogens is 360 g/mol. The third-order valence-electron chi connectivity index (χ3n) is 6.11. The molecule has 5 aromatic carbocycles. The van der Waals surface area contributed by atoms with Crippen LogP contribution in [-0.4, -0.2) is 0 Å². The lowest BCUT2D eigenvalue weighted by atomic mass is 9.93. The Balaban J connectivity index is 1.73. The fourth-order valence-corrected chi connectivity index (χ4v) is 4.26. The lowest BCUT2D eigenvalue weighted by molar-refractivity contribution is 1.47. The van der Waals surface area contributed by atoms with Gasteiger partial charge in [-0.15, -0.1) is 0 Å². The van der Waals surface area contributed by atoms with Crippen molar-refractivity contribution in [3.63, 3.8) is 0 Å². The molecule has 0 aliphatic heterocycles. The van der Waals surface area contributed by atoms with Crippen molar-refractivity contribution < 1.29 is 0 Å². The third kappa shape index (κ3) is 3.02. The highest BCUT2D eigenvalue weighted by Gasteiger charge is 2.08. The van der Waals surface area contributed by atoms with Gasteiger partial charge in [-0.3, -0.25) is 0 Å². The fourth-order valence-electron chi connectivity index (χ4n) is 4.26. The second-order valence-electron chi connectivity index (χ2n) is 8.21. The number of aryl methyl sites for hydroxylation is 2. The summed E-state index contributed by atoms with van der Waals surface area (Å²) in [6.45, 7) is 13.1. The SMILES string of the molecule is C=c1c2ccc(-c3ccc(C)cc3)cc2c(=C)c2ccc(-c3ccc(C)cc3)cc12. The molecule has 0 aliphatic carbocycles. The van der Waals surface area contributed by atoms with Gasteiger partial charge in [0.1, 0.15) is 0 Å². The van der Waals surface area contributed by atoms with E-state index in [0.717, 1.165) is 10.4 Å². The molecule has 144 valence electrons. The number of rotatable bonds is 2. The van der Waals surface area contributed by atoms with Crippen molar-refractivity contribution >= 4 is 34.7 Å². The van der Waals surface area contributed by atoms with E-state index in [9.17, 15) is 0 Å². The summed E-state index contributed by atoms with van der Waals surface area (Å²) in [5, 5.41) is 6.82. The Morgan fingerprint density at radius 3 is 1.10 bits per heavy atom. The summed E-state index contributed by atoms with van der Waals surface area (Å²) in [7, 11) is 0. The van der Waals surface area contributed by atoms with Gasteiger partial charge in [0.05, 0.1) is 0 Å². The minimum atomic E-state index is 1.07. The van der Waals surface area contributed by atoms with Crippen LogP contribution in [0.3, 0.4) is 0 Å². The quantitative estimate of drug-likeness (QED) is 0.295. The molecule has 0 bridgehead atoms. The molecule has 30 heavy (non-hydrogen) atoms. The van der Waals surface area contributed by atoms with Crippen LogP contribution in [0.25, 0.3) is 57.0 Å². The van der Waals surface area contributed by atoms with Crippen molar-refractivity contribution in [3.8, 4) is 22.3 Å². The number of fused-ring (bicyclic) bond motifs is 2. The van der Waals surface area contributed by atoms with Crippen molar-refractivity contribution in [2.75, 3.05) is 0 Å². The summed E-state index contributed by atoms with van der Waals surface area (Å²) < 4.78 is 0. The van der Waals surface area contributed by atoms with Gasteiger partial charge in [-0.1, -0.05) is 97.1 Å². The topological polar surface area (TPSA) is 0 Å². The molecule has 0 aromatic heterocycles. The number of hydrogen-bond acceptors (Lipinski definition) is 0. The van der Waals surface area contributed by atoms with E-state index in [2.05, 4.69) is 112 Å². The molecule has 5 aromatic rings. The van der Waals surface area contributed by atoms with Crippen LogP contribution < -0.4 is 10.4 Å². The maximum Gasteiger partial charge on any atom is -0.00990 e. The number of benzene rings is 5. The van der Waals surface area contributed by atoms with E-state index in [1.165, 1.54) is 54.9 Å². The standard InChI is InChI=1S/C30H24/c1-19-5-9-23(10-6-19)25-13-15-27-22(4)30-18-26(24-11-7-20(2)8-12-24)14-16-28(30)21(3)29(27)17-25/h5-18H,3-4H2,1-2H3. The van der Waals surface area contributed by atoms with Gasteiger partial charge in [0.15, 0.2) is 0 Å². The Morgan fingerprint density at radius 1 is 0.400 bits per heavy atom. The highest BCUT2D eigenvalue weighted by molar-refractivity contribution is 6.02. The van der Waals surface area contributed by atoms with Crippen LogP contribution in [0.15, 0.2) is 84.9 Å². The van der Waals surface area contributed by atoms with Crippen LogP contribution in [0, 0.1) is 13.8 Å². The average Bonchev–Trinajstić information content (AvgIpc) is 2.78. The maximum atomic E-state index is 4.45. The maximum absolute atomic E-state index is 4.45. The molecule has 0 saturated heterocycles. The zero-order valence-electron chi connectivity index (χ0n) is 17.5. The van der Waals surface area contributed by atoms with Crippen molar-refractivity contribution in [1.82, 2.24) is 0 Å². The van der Waals surface area contributed by atoms with Gasteiger partial charge in [0, 0.05) is 0 Å². The van der Waals surface area contributed by atoms with Crippen LogP contribution in [0.2, 0.25) is 0 Å². The highest BCUT2D eigenvalue weighted by atomic mass is 14.1. The average molecular weight is 385 g/mol. The van der Waals surface area contributed by atoms with Crippen LogP contribution in [-0.2, 0) is 0 Å². The predicted molar refractivity (Wildman–Crippen MR) is 132 cm³/mol. The molecule has 0 atom stereocenters. The van der Waals surface area contributed by atoms with E-state index in [1.807, 2.05) is 0 Å². The summed E-state index contributed by atoms with van der Waals surface area (Å²) in [5.41, 5.74) is 7.41. The normalized spacial score (nSPS) is 11.3. The molecule has 0 fully saturated rings. The molecule has 0 N–H and O–H groups in total. The first kappa shape index (κ1) is 18.4. The zero-order valence-corrected chi connectivity index (χ0v) is 17.5. The fraction of sp³-hybridized carbons (Fsp3) is 0.0667. The van der Waals surface area contributed by atoms with E-state index in [0.29, 0.717) is 0 Å². The molecule has 0 heterocycles. The Bertz CT molecular complexity index is 1380. The summed E-state index contributed by atoms with van der Waals surface area (Å²) >= 11 is 0. The largest absolute Gasteiger partial charge is 0.0905 e. The first-order chi connectivity index (χ1) is 14.5. The lowest BCUT2D eigenvalue weighted by Crippen LogP contribution is -2.12. The van der Waals surface area contributed by atoms with Gasteiger partial charge in [-0.2, -0.15) is 0 Å². The van der Waals surface area contributed by atoms with Gasteiger partial charge in [0.25, 0.3) is 0 Å². The molecule has 0 spiro atoms. The molecule has 0 unspecified atom stereocenters. The molecule has 0 radical (unpaired) electrons. The second-order valence-corrected chi connectivity index (χ2v) is 8.21. The van der Waals surface area contributed by atoms with Gasteiger partial charge in [-0.05, 0) is 80.2 Å². The Kier molecular flexibility index (Phi) is 4.29. The van der Waals surface area contributed by atoms with E-state index in [4.69, 9.17) is 0 Å². The van der Waals surface area contributed by atoms with Crippen molar-refractivity contribution in [1.29, 1.82) is 0 Å². The molecule has 0 saturated carbocycles. The smallest absolute Gasteiger partial charge is 0.00990 e. The molecular formula is C30H24. The van der Waals surface area contributed by atoms with E-state index < -0.39 is 0 Å². The van der Waals surface area contributed by atoms with Crippen LogP contribution in [0.4, 0.5) is 0 Å². The summed E-state index contributed by atoms with van der Waals surface area (Å²) in [5.74, 6) is 0. The molecule has 0 aliphatic rings. The molecule has 0 nitrogen and oxygen atoms in total. The van der Waals surface area contributed by atoms with E-state index in [1.54, 1.807) is 0 Å². The Morgan fingerprint density at radius 2 is 0.733 bits per heavy atom. The van der Waals surface area contributed by atoms with Gasteiger partial charge < -0.3 is 0 Å². The molecule has 0 heteroatoms. The predicted octanol–water partition coefficient (Wildman–Crippen LogP) is 6.76. The lowest BCUT2D eigenvalue weighted by Gasteiger charge is -2.11. The second kappa shape index (κ2) is 7.00. The third-order valence-corrected chi connectivity index (χ3v) is 6.11. The van der Waals surface area contributed by atoms with Gasteiger partial charge in [-0.25, -0.2) is 0 Å². The summed E-state index contributed by atoms with van der Waals surface area (Å²) in [6.07, 6.45) is 0. The summed E-state index contributed by atoms with van der Waals surface area (Å²) in [6, 6.07) is 30.6. The monoisotopic (exact) mass is 384 g/mol. The summed E-state index contributed by atoms with van der Waals surface area (Å²) in [4.78, 5) is 0. The minimum absolute atomic E-state index is 1.07. The first-order valence-corrected chi connectivity index (χ1v) is 10.3. The molecule has 0 amide bonds. The van der Waals surface area contributed by atoms with Crippen LogP contribution >= 0.6 is 0 Å². The van der Waals surface area contributed by atoms with Crippen molar-refractivity contribution in [3.05, 3.63) is 106 Å². The van der Waals surface area contributed by atoms with Crippen molar-refractivity contribution in [2.45, 2.75) is 13.8 Å². The van der Waals surface area contributed by atoms with Gasteiger partial charge >= 0.3 is 0 Å². The van der Waals surface area contributed by atoms with Crippen molar-refractivity contribution in [2.24, 2.45) is 0 Å². The molecule has 5 rings (SSSR count). The van der Waals surface area contributed by atoms with Gasteiger partial charge in [0.2, 0.25) is 0 Å². The first-order valence-electron chi connectivity index (χ1n) is 10.3.